The van der Waals surface area contributed by atoms with Crippen molar-refractivity contribution in [3.8, 4) is 17.4 Å². The molecular weight excluding hydrogens is 316 g/mol. The average molecular weight is 340 g/mol. The van der Waals surface area contributed by atoms with Crippen LogP contribution in [-0.2, 0) is 6.54 Å². The van der Waals surface area contributed by atoms with E-state index in [0.29, 0.717) is 24.2 Å². The standard InChI is InChI=1S/C19H24N4O2/c1-13-9-17(13)23-19(20-2)22-12-14-7-8-18(21-11-14)25-16-6-4-5-15(10-16)24-3/h4-8,10-11,13,17H,9,12H2,1-3H3,(H2,20,22,23). The van der Waals surface area contributed by atoms with Gasteiger partial charge in [-0.05, 0) is 30.0 Å². The first-order chi connectivity index (χ1) is 12.2. The molecule has 6 heteroatoms. The molecule has 2 N–H and O–H groups in total. The zero-order valence-corrected chi connectivity index (χ0v) is 14.8. The molecule has 1 heterocycles. The van der Waals surface area contributed by atoms with Crippen LogP contribution in [0.25, 0.3) is 0 Å². The first-order valence-corrected chi connectivity index (χ1v) is 8.42. The fraction of sp³-hybridized carbons (Fsp3) is 0.368. The van der Waals surface area contributed by atoms with Crippen LogP contribution in [0.2, 0.25) is 0 Å². The maximum Gasteiger partial charge on any atom is 0.219 e. The zero-order valence-electron chi connectivity index (χ0n) is 14.8. The molecule has 0 radical (unpaired) electrons. The molecule has 0 amide bonds. The van der Waals surface area contributed by atoms with Gasteiger partial charge in [-0.15, -0.1) is 0 Å². The predicted octanol–water partition coefficient (Wildman–Crippen LogP) is 2.96. The lowest BCUT2D eigenvalue weighted by Crippen LogP contribution is -2.38. The number of ether oxygens (including phenoxy) is 2. The quantitative estimate of drug-likeness (QED) is 0.625. The van der Waals surface area contributed by atoms with Crippen molar-refractivity contribution >= 4 is 5.96 Å². The third-order valence-corrected chi connectivity index (χ3v) is 4.18. The van der Waals surface area contributed by atoms with E-state index in [4.69, 9.17) is 9.47 Å². The third kappa shape index (κ3) is 4.86. The number of aromatic nitrogens is 1. The molecule has 3 rings (SSSR count). The molecule has 1 aromatic heterocycles. The van der Waals surface area contributed by atoms with Crippen molar-refractivity contribution < 1.29 is 9.47 Å². The summed E-state index contributed by atoms with van der Waals surface area (Å²) in [6.45, 7) is 2.89. The zero-order chi connectivity index (χ0) is 17.6. The molecule has 1 saturated carbocycles. The summed E-state index contributed by atoms with van der Waals surface area (Å²) in [4.78, 5) is 8.60. The Morgan fingerprint density at radius 1 is 1.28 bits per heavy atom. The molecule has 25 heavy (non-hydrogen) atoms. The van der Waals surface area contributed by atoms with Crippen molar-refractivity contribution in [2.24, 2.45) is 10.9 Å². The Bertz CT molecular complexity index is 730. The summed E-state index contributed by atoms with van der Waals surface area (Å²) in [6, 6.07) is 11.8. The largest absolute Gasteiger partial charge is 0.497 e. The van der Waals surface area contributed by atoms with Crippen LogP contribution in [0.1, 0.15) is 18.9 Å². The van der Waals surface area contributed by atoms with Crippen molar-refractivity contribution in [3.05, 3.63) is 48.2 Å². The summed E-state index contributed by atoms with van der Waals surface area (Å²) in [5.74, 6) is 3.55. The number of pyridine rings is 1. The predicted molar refractivity (Wildman–Crippen MR) is 98.2 cm³/mol. The van der Waals surface area contributed by atoms with Gasteiger partial charge in [0.1, 0.15) is 11.5 Å². The monoisotopic (exact) mass is 340 g/mol. The van der Waals surface area contributed by atoms with E-state index in [1.807, 2.05) is 36.4 Å². The second kappa shape index (κ2) is 7.88. The molecule has 1 fully saturated rings. The Balaban J connectivity index is 1.53. The van der Waals surface area contributed by atoms with E-state index in [1.165, 1.54) is 6.42 Å². The third-order valence-electron chi connectivity index (χ3n) is 4.18. The fourth-order valence-corrected chi connectivity index (χ4v) is 2.44. The number of hydrogen-bond acceptors (Lipinski definition) is 4. The summed E-state index contributed by atoms with van der Waals surface area (Å²) in [7, 11) is 3.41. The summed E-state index contributed by atoms with van der Waals surface area (Å²) in [5.41, 5.74) is 1.06. The number of methoxy groups -OCH3 is 1. The Labute approximate surface area is 148 Å². The van der Waals surface area contributed by atoms with Gasteiger partial charge < -0.3 is 20.1 Å². The Kier molecular flexibility index (Phi) is 5.38. The minimum atomic E-state index is 0.544. The number of guanidine groups is 1. The van der Waals surface area contributed by atoms with Crippen molar-refractivity contribution in [1.29, 1.82) is 0 Å². The Morgan fingerprint density at radius 2 is 2.08 bits per heavy atom. The molecule has 0 spiro atoms. The van der Waals surface area contributed by atoms with Crippen molar-refractivity contribution in [2.75, 3.05) is 14.2 Å². The second-order valence-electron chi connectivity index (χ2n) is 6.18. The second-order valence-corrected chi connectivity index (χ2v) is 6.18. The highest BCUT2D eigenvalue weighted by molar-refractivity contribution is 5.80. The summed E-state index contributed by atoms with van der Waals surface area (Å²) in [5, 5.41) is 6.70. The van der Waals surface area contributed by atoms with Gasteiger partial charge in [0.2, 0.25) is 5.88 Å². The topological polar surface area (TPSA) is 67.8 Å². The molecule has 1 aliphatic carbocycles. The molecule has 2 unspecified atom stereocenters. The molecule has 0 saturated heterocycles. The van der Waals surface area contributed by atoms with Crippen LogP contribution in [0.4, 0.5) is 0 Å². The molecule has 6 nitrogen and oxygen atoms in total. The highest BCUT2D eigenvalue weighted by Crippen LogP contribution is 2.28. The van der Waals surface area contributed by atoms with E-state index in [9.17, 15) is 0 Å². The summed E-state index contributed by atoms with van der Waals surface area (Å²) >= 11 is 0. The van der Waals surface area contributed by atoms with Crippen molar-refractivity contribution in [1.82, 2.24) is 15.6 Å². The number of hydrogen-bond donors (Lipinski definition) is 2. The Hall–Kier alpha value is -2.76. The Morgan fingerprint density at radius 3 is 2.72 bits per heavy atom. The number of aliphatic imine (C=N–C) groups is 1. The first-order valence-electron chi connectivity index (χ1n) is 8.42. The van der Waals surface area contributed by atoms with Gasteiger partial charge in [0, 0.05) is 38.0 Å². The lowest BCUT2D eigenvalue weighted by atomic mass is 10.3. The highest BCUT2D eigenvalue weighted by Gasteiger charge is 2.33. The number of benzene rings is 1. The van der Waals surface area contributed by atoms with E-state index in [1.54, 1.807) is 20.4 Å². The van der Waals surface area contributed by atoms with E-state index in [-0.39, 0.29) is 0 Å². The molecular formula is C19H24N4O2. The van der Waals surface area contributed by atoms with Crippen LogP contribution in [-0.4, -0.2) is 31.1 Å². The first kappa shape index (κ1) is 17.1. The van der Waals surface area contributed by atoms with Crippen molar-refractivity contribution in [2.45, 2.75) is 25.9 Å². The maximum atomic E-state index is 5.75. The maximum absolute atomic E-state index is 5.75. The molecule has 132 valence electrons. The molecule has 1 aliphatic rings. The molecule has 0 aliphatic heterocycles. The van der Waals surface area contributed by atoms with E-state index < -0.39 is 0 Å². The molecule has 2 aromatic rings. The van der Waals surface area contributed by atoms with Crippen LogP contribution in [0.15, 0.2) is 47.6 Å². The van der Waals surface area contributed by atoms with Crippen LogP contribution in [0, 0.1) is 5.92 Å². The summed E-state index contributed by atoms with van der Waals surface area (Å²) < 4.78 is 10.9. The van der Waals surface area contributed by atoms with Crippen LogP contribution >= 0.6 is 0 Å². The van der Waals surface area contributed by atoms with Gasteiger partial charge in [-0.2, -0.15) is 0 Å². The highest BCUT2D eigenvalue weighted by atomic mass is 16.5. The molecule has 2 atom stereocenters. The van der Waals surface area contributed by atoms with Crippen molar-refractivity contribution in [3.63, 3.8) is 0 Å². The average Bonchev–Trinajstić information content (AvgIpc) is 3.34. The van der Waals surface area contributed by atoms with Gasteiger partial charge in [0.25, 0.3) is 0 Å². The molecule has 1 aromatic carbocycles. The number of nitrogens with one attached hydrogen (secondary N) is 2. The van der Waals surface area contributed by atoms with Gasteiger partial charge >= 0.3 is 0 Å². The van der Waals surface area contributed by atoms with E-state index in [0.717, 1.165) is 23.2 Å². The fourth-order valence-electron chi connectivity index (χ4n) is 2.44. The van der Waals surface area contributed by atoms with Gasteiger partial charge in [0.05, 0.1) is 7.11 Å². The smallest absolute Gasteiger partial charge is 0.219 e. The van der Waals surface area contributed by atoms with Gasteiger partial charge in [-0.25, -0.2) is 4.98 Å². The lowest BCUT2D eigenvalue weighted by molar-refractivity contribution is 0.407. The molecule has 0 bridgehead atoms. The normalized spacial score (nSPS) is 19.2. The summed E-state index contributed by atoms with van der Waals surface area (Å²) in [6.07, 6.45) is 3.01. The van der Waals surface area contributed by atoms with E-state index >= 15 is 0 Å². The van der Waals surface area contributed by atoms with Crippen LogP contribution in [0.3, 0.4) is 0 Å². The van der Waals surface area contributed by atoms with Gasteiger partial charge in [0.15, 0.2) is 5.96 Å². The van der Waals surface area contributed by atoms with Crippen LogP contribution in [0.5, 0.6) is 17.4 Å². The van der Waals surface area contributed by atoms with Crippen LogP contribution < -0.4 is 20.1 Å². The minimum Gasteiger partial charge on any atom is -0.497 e. The van der Waals surface area contributed by atoms with Gasteiger partial charge in [-0.1, -0.05) is 19.1 Å². The number of rotatable bonds is 6. The SMILES string of the molecule is CN=C(NCc1ccc(Oc2cccc(OC)c2)nc1)NC1CC1C. The van der Waals surface area contributed by atoms with Gasteiger partial charge in [-0.3, -0.25) is 4.99 Å². The van der Waals surface area contributed by atoms with E-state index in [2.05, 4.69) is 27.5 Å². The lowest BCUT2D eigenvalue weighted by Gasteiger charge is -2.12. The number of nitrogens with zero attached hydrogens (tertiary/aromatic N) is 2. The minimum absolute atomic E-state index is 0.544.